The van der Waals surface area contributed by atoms with E-state index in [1.165, 1.54) is 0 Å². The molecule has 24 heavy (non-hydrogen) atoms. The SMILES string of the molecule is CCc1ccc(C(=O)NNS(=O)(=O)c2ccc([N+](=O)[O-])cc2)cc1. The molecule has 0 heterocycles. The third kappa shape index (κ3) is 4.15. The Hall–Kier alpha value is -2.78. The summed E-state index contributed by atoms with van der Waals surface area (Å²) in [5.74, 6) is -0.608. The van der Waals surface area contributed by atoms with Crippen LogP contribution in [-0.2, 0) is 16.4 Å². The van der Waals surface area contributed by atoms with E-state index in [1.54, 1.807) is 24.3 Å². The second-order valence-electron chi connectivity index (χ2n) is 4.86. The van der Waals surface area contributed by atoms with Gasteiger partial charge in [-0.05, 0) is 36.2 Å². The van der Waals surface area contributed by atoms with Crippen molar-refractivity contribution in [3.05, 3.63) is 69.8 Å². The number of nitrogens with one attached hydrogen (secondary N) is 2. The summed E-state index contributed by atoms with van der Waals surface area (Å²) in [6.07, 6.45) is 0.828. The highest BCUT2D eigenvalue weighted by Gasteiger charge is 2.17. The molecule has 8 nitrogen and oxygen atoms in total. The maximum absolute atomic E-state index is 12.1. The molecule has 0 radical (unpaired) electrons. The molecule has 2 aromatic rings. The molecule has 0 aliphatic rings. The van der Waals surface area contributed by atoms with Crippen molar-refractivity contribution in [1.29, 1.82) is 0 Å². The first-order valence-electron chi connectivity index (χ1n) is 6.99. The number of non-ortho nitro benzene ring substituents is 1. The van der Waals surface area contributed by atoms with E-state index in [0.29, 0.717) is 5.56 Å². The fourth-order valence-electron chi connectivity index (χ4n) is 1.88. The molecule has 1 amide bonds. The Morgan fingerprint density at radius 1 is 1.08 bits per heavy atom. The number of carbonyl (C=O) groups excluding carboxylic acids is 1. The van der Waals surface area contributed by atoms with Crippen molar-refractivity contribution >= 4 is 21.6 Å². The predicted octanol–water partition coefficient (Wildman–Crippen LogP) is 1.78. The number of nitrogens with zero attached hydrogens (tertiary/aromatic N) is 1. The molecule has 0 aromatic heterocycles. The van der Waals surface area contributed by atoms with Gasteiger partial charge in [0, 0.05) is 17.7 Å². The maximum Gasteiger partial charge on any atom is 0.269 e. The van der Waals surface area contributed by atoms with Gasteiger partial charge in [-0.1, -0.05) is 19.1 Å². The minimum absolute atomic E-state index is 0.199. The lowest BCUT2D eigenvalue weighted by Crippen LogP contribution is -2.41. The summed E-state index contributed by atoms with van der Waals surface area (Å²) in [5, 5.41) is 10.6. The van der Waals surface area contributed by atoms with Crippen molar-refractivity contribution < 1.29 is 18.1 Å². The summed E-state index contributed by atoms with van der Waals surface area (Å²) in [4.78, 5) is 23.6. The van der Waals surface area contributed by atoms with E-state index in [4.69, 9.17) is 0 Å². The van der Waals surface area contributed by atoms with Crippen LogP contribution in [0.15, 0.2) is 53.4 Å². The number of nitro benzene ring substituents is 1. The highest BCUT2D eigenvalue weighted by Crippen LogP contribution is 2.15. The average molecular weight is 349 g/mol. The van der Waals surface area contributed by atoms with E-state index in [2.05, 4.69) is 5.43 Å². The molecule has 126 valence electrons. The van der Waals surface area contributed by atoms with E-state index >= 15 is 0 Å². The molecule has 9 heteroatoms. The van der Waals surface area contributed by atoms with Crippen LogP contribution < -0.4 is 10.3 Å². The van der Waals surface area contributed by atoms with Crippen LogP contribution in [0.1, 0.15) is 22.8 Å². The zero-order valence-electron chi connectivity index (χ0n) is 12.7. The Bertz CT molecular complexity index is 846. The molecular formula is C15H15N3O5S. The van der Waals surface area contributed by atoms with Gasteiger partial charge in [0.25, 0.3) is 21.6 Å². The van der Waals surface area contributed by atoms with Crippen molar-refractivity contribution in [1.82, 2.24) is 10.3 Å². The number of amides is 1. The molecule has 0 atom stereocenters. The molecule has 0 fully saturated rings. The number of benzene rings is 2. The Morgan fingerprint density at radius 3 is 2.17 bits per heavy atom. The second kappa shape index (κ2) is 7.20. The Balaban J connectivity index is 2.05. The molecule has 2 aromatic carbocycles. The zero-order chi connectivity index (χ0) is 17.7. The molecule has 0 saturated carbocycles. The van der Waals surface area contributed by atoms with Gasteiger partial charge in [0.2, 0.25) is 0 Å². The summed E-state index contributed by atoms with van der Waals surface area (Å²) in [7, 11) is -4.02. The number of rotatable bonds is 6. The van der Waals surface area contributed by atoms with E-state index < -0.39 is 20.9 Å². The number of nitro groups is 1. The fraction of sp³-hybridized carbons (Fsp3) is 0.133. The summed E-state index contributed by atoms with van der Waals surface area (Å²) < 4.78 is 24.1. The minimum Gasteiger partial charge on any atom is -0.273 e. The number of hydrazine groups is 1. The lowest BCUT2D eigenvalue weighted by molar-refractivity contribution is -0.384. The molecule has 0 spiro atoms. The van der Waals surface area contributed by atoms with Crippen LogP contribution in [0.25, 0.3) is 0 Å². The van der Waals surface area contributed by atoms with Crippen LogP contribution in [-0.4, -0.2) is 19.2 Å². The summed E-state index contributed by atoms with van der Waals surface area (Å²) in [6, 6.07) is 11.0. The van der Waals surface area contributed by atoms with Crippen molar-refractivity contribution in [2.45, 2.75) is 18.2 Å². The van der Waals surface area contributed by atoms with Crippen LogP contribution in [0, 0.1) is 10.1 Å². The molecule has 0 bridgehead atoms. The Labute approximate surface area is 138 Å². The smallest absolute Gasteiger partial charge is 0.269 e. The Morgan fingerprint density at radius 2 is 1.67 bits per heavy atom. The molecule has 2 rings (SSSR count). The van der Waals surface area contributed by atoms with Gasteiger partial charge in [-0.3, -0.25) is 20.3 Å². The first-order chi connectivity index (χ1) is 11.3. The van der Waals surface area contributed by atoms with Gasteiger partial charge in [-0.15, -0.1) is 4.83 Å². The van der Waals surface area contributed by atoms with Gasteiger partial charge < -0.3 is 0 Å². The van der Waals surface area contributed by atoms with Crippen molar-refractivity contribution in [3.63, 3.8) is 0 Å². The van der Waals surface area contributed by atoms with Gasteiger partial charge in [-0.2, -0.15) is 0 Å². The third-order valence-electron chi connectivity index (χ3n) is 3.28. The topological polar surface area (TPSA) is 118 Å². The van der Waals surface area contributed by atoms with E-state index in [-0.39, 0.29) is 10.6 Å². The van der Waals surface area contributed by atoms with E-state index in [0.717, 1.165) is 36.2 Å². The van der Waals surface area contributed by atoms with Crippen LogP contribution in [0.3, 0.4) is 0 Å². The number of hydrogen-bond acceptors (Lipinski definition) is 5. The van der Waals surface area contributed by atoms with Crippen molar-refractivity contribution in [2.75, 3.05) is 0 Å². The monoisotopic (exact) mass is 349 g/mol. The second-order valence-corrected chi connectivity index (χ2v) is 6.54. The van der Waals surface area contributed by atoms with Crippen molar-refractivity contribution in [3.8, 4) is 0 Å². The fourth-order valence-corrected chi connectivity index (χ4v) is 2.72. The highest BCUT2D eigenvalue weighted by molar-refractivity contribution is 7.89. The zero-order valence-corrected chi connectivity index (χ0v) is 13.5. The molecule has 0 aliphatic carbocycles. The van der Waals surface area contributed by atoms with Gasteiger partial charge in [0.05, 0.1) is 9.82 Å². The first kappa shape index (κ1) is 17.6. The van der Waals surface area contributed by atoms with Crippen LogP contribution >= 0.6 is 0 Å². The molecule has 0 unspecified atom stereocenters. The van der Waals surface area contributed by atoms with Gasteiger partial charge in [0.15, 0.2) is 0 Å². The normalized spacial score (nSPS) is 11.0. The third-order valence-corrected chi connectivity index (χ3v) is 4.54. The number of carbonyl (C=O) groups is 1. The number of sulfonamides is 1. The molecular weight excluding hydrogens is 334 g/mol. The van der Waals surface area contributed by atoms with Crippen molar-refractivity contribution in [2.24, 2.45) is 0 Å². The summed E-state index contributed by atoms with van der Waals surface area (Å²) in [6.45, 7) is 1.98. The van der Waals surface area contributed by atoms with Crippen LogP contribution in [0.4, 0.5) is 5.69 Å². The summed E-state index contributed by atoms with van der Waals surface area (Å²) >= 11 is 0. The average Bonchev–Trinajstić information content (AvgIpc) is 2.60. The highest BCUT2D eigenvalue weighted by atomic mass is 32.2. The van der Waals surface area contributed by atoms with Crippen LogP contribution in [0.5, 0.6) is 0 Å². The first-order valence-corrected chi connectivity index (χ1v) is 8.47. The largest absolute Gasteiger partial charge is 0.273 e. The van der Waals surface area contributed by atoms with Crippen LogP contribution in [0.2, 0.25) is 0 Å². The number of hydrogen-bond donors (Lipinski definition) is 2. The Kier molecular flexibility index (Phi) is 5.27. The minimum atomic E-state index is -4.02. The molecule has 2 N–H and O–H groups in total. The molecule has 0 saturated heterocycles. The number of aryl methyl sites for hydroxylation is 1. The lowest BCUT2D eigenvalue weighted by atomic mass is 10.1. The maximum atomic E-state index is 12.1. The summed E-state index contributed by atoms with van der Waals surface area (Å²) in [5.41, 5.74) is 3.23. The molecule has 0 aliphatic heterocycles. The lowest BCUT2D eigenvalue weighted by Gasteiger charge is -2.08. The van der Waals surface area contributed by atoms with Gasteiger partial charge >= 0.3 is 0 Å². The predicted molar refractivity (Wildman–Crippen MR) is 86.7 cm³/mol. The van der Waals surface area contributed by atoms with Gasteiger partial charge in [-0.25, -0.2) is 8.42 Å². The quantitative estimate of drug-likeness (QED) is 0.609. The van der Waals surface area contributed by atoms with Gasteiger partial charge in [0.1, 0.15) is 0 Å². The van der Waals surface area contributed by atoms with E-state index in [9.17, 15) is 23.3 Å². The van der Waals surface area contributed by atoms with E-state index in [1.807, 2.05) is 11.8 Å². The standard InChI is InChI=1S/C15H15N3O5S/c1-2-11-3-5-12(6-4-11)15(19)16-17-24(22,23)14-9-7-13(8-10-14)18(20)21/h3-10,17H,2H2,1H3,(H,16,19).